The van der Waals surface area contributed by atoms with Crippen LogP contribution in [0.3, 0.4) is 0 Å². The summed E-state index contributed by atoms with van der Waals surface area (Å²) < 4.78 is 9.54. The summed E-state index contributed by atoms with van der Waals surface area (Å²) in [6.07, 6.45) is 5.36. The second-order valence-electron chi connectivity index (χ2n) is 7.14. The molecule has 6 nitrogen and oxygen atoms in total. The second-order valence-corrected chi connectivity index (χ2v) is 12.8. The fourth-order valence-corrected chi connectivity index (χ4v) is 3.29. The van der Waals surface area contributed by atoms with E-state index in [0.717, 1.165) is 34.9 Å². The summed E-state index contributed by atoms with van der Waals surface area (Å²) in [4.78, 5) is 4.46. The molecule has 1 aromatic carbocycles. The van der Waals surface area contributed by atoms with E-state index in [2.05, 4.69) is 29.7 Å². The number of hydrogen-bond donors (Lipinski definition) is 1. The van der Waals surface area contributed by atoms with E-state index in [1.54, 1.807) is 17.2 Å². The lowest BCUT2D eigenvalue weighted by Crippen LogP contribution is -2.21. The van der Waals surface area contributed by atoms with E-state index >= 15 is 0 Å². The molecule has 7 heteroatoms. The fraction of sp³-hybridized carbons (Fsp3) is 0.412. The largest absolute Gasteiger partial charge is 0.392 e. The Morgan fingerprint density at radius 2 is 2.08 bits per heavy atom. The van der Waals surface area contributed by atoms with Crippen molar-refractivity contribution in [3.05, 3.63) is 42.5 Å². The van der Waals surface area contributed by atoms with Gasteiger partial charge in [0.1, 0.15) is 6.73 Å². The predicted octanol–water partition coefficient (Wildman–Crippen LogP) is 3.03. The highest BCUT2D eigenvalue weighted by Gasteiger charge is 2.13. The highest BCUT2D eigenvalue weighted by Crippen LogP contribution is 2.22. The molecule has 2 aromatic heterocycles. The average molecular weight is 344 g/mol. The third kappa shape index (κ3) is 3.74. The monoisotopic (exact) mass is 344 g/mol. The van der Waals surface area contributed by atoms with Crippen molar-refractivity contribution in [3.8, 4) is 5.69 Å². The van der Waals surface area contributed by atoms with Crippen molar-refractivity contribution in [1.82, 2.24) is 19.3 Å². The predicted molar refractivity (Wildman–Crippen MR) is 96.9 cm³/mol. The van der Waals surface area contributed by atoms with Crippen LogP contribution in [0, 0.1) is 0 Å². The van der Waals surface area contributed by atoms with Crippen LogP contribution in [0.4, 0.5) is 0 Å². The van der Waals surface area contributed by atoms with Crippen LogP contribution in [-0.4, -0.2) is 39.1 Å². The molecule has 0 unspecified atom stereocenters. The summed E-state index contributed by atoms with van der Waals surface area (Å²) in [6, 6.07) is 6.91. The Morgan fingerprint density at radius 3 is 2.75 bits per heavy atom. The Kier molecular flexibility index (Phi) is 4.84. The van der Waals surface area contributed by atoms with Gasteiger partial charge in [0.05, 0.1) is 29.7 Å². The smallest absolute Gasteiger partial charge is 0.124 e. The van der Waals surface area contributed by atoms with Crippen LogP contribution in [0.2, 0.25) is 25.7 Å². The van der Waals surface area contributed by atoms with Gasteiger partial charge < -0.3 is 14.4 Å². The van der Waals surface area contributed by atoms with Crippen LogP contribution in [0.15, 0.2) is 36.9 Å². The lowest BCUT2D eigenvalue weighted by atomic mass is 10.1. The minimum absolute atomic E-state index is 0.0488. The van der Waals surface area contributed by atoms with Crippen molar-refractivity contribution in [2.75, 3.05) is 6.61 Å². The van der Waals surface area contributed by atoms with E-state index in [4.69, 9.17) is 4.74 Å². The van der Waals surface area contributed by atoms with Crippen LogP contribution in [-0.2, 0) is 18.1 Å². The summed E-state index contributed by atoms with van der Waals surface area (Å²) in [7, 11) is -1.08. The van der Waals surface area contributed by atoms with E-state index in [1.165, 1.54) is 0 Å². The number of benzene rings is 1. The Morgan fingerprint density at radius 1 is 1.25 bits per heavy atom. The van der Waals surface area contributed by atoms with Crippen molar-refractivity contribution < 1.29 is 9.84 Å². The van der Waals surface area contributed by atoms with Crippen molar-refractivity contribution in [2.45, 2.75) is 39.0 Å². The van der Waals surface area contributed by atoms with Crippen LogP contribution in [0.1, 0.15) is 5.56 Å². The maximum absolute atomic E-state index is 9.71. The first-order chi connectivity index (χ1) is 11.5. The minimum atomic E-state index is -1.08. The zero-order valence-electron chi connectivity index (χ0n) is 14.4. The summed E-state index contributed by atoms with van der Waals surface area (Å²) >= 11 is 0. The van der Waals surface area contributed by atoms with Gasteiger partial charge in [0.2, 0.25) is 0 Å². The number of hydrogen-bond acceptors (Lipinski definition) is 4. The van der Waals surface area contributed by atoms with Crippen LogP contribution >= 0.6 is 0 Å². The van der Waals surface area contributed by atoms with Gasteiger partial charge in [-0.1, -0.05) is 19.6 Å². The van der Waals surface area contributed by atoms with Gasteiger partial charge in [0.15, 0.2) is 0 Å². The number of aliphatic hydroxyl groups is 1. The van der Waals surface area contributed by atoms with Crippen molar-refractivity contribution in [3.63, 3.8) is 0 Å². The Bertz CT molecular complexity index is 806. The number of ether oxygens (including phenoxy) is 1. The molecule has 0 atom stereocenters. The fourth-order valence-electron chi connectivity index (χ4n) is 2.53. The number of nitrogens with zero attached hydrogens (tertiary/aromatic N) is 4. The lowest BCUT2D eigenvalue weighted by Gasteiger charge is -2.15. The summed E-state index contributed by atoms with van der Waals surface area (Å²) in [6.45, 7) is 8.22. The molecule has 0 aliphatic heterocycles. The zero-order chi connectivity index (χ0) is 17.2. The number of imidazole rings is 1. The molecule has 0 aliphatic rings. The SMILES string of the molecule is C[Si](C)(C)CCOCn1cnc2cc(-n3cccn3)c(CO)cc21. The molecule has 3 rings (SSSR count). The summed E-state index contributed by atoms with van der Waals surface area (Å²) in [5, 5.41) is 14.0. The molecule has 0 radical (unpaired) electrons. The maximum atomic E-state index is 9.71. The van der Waals surface area contributed by atoms with E-state index in [-0.39, 0.29) is 6.61 Å². The third-order valence-corrected chi connectivity index (χ3v) is 5.67. The quantitative estimate of drug-likeness (QED) is 0.528. The molecule has 0 aliphatic carbocycles. The molecule has 24 heavy (non-hydrogen) atoms. The summed E-state index contributed by atoms with van der Waals surface area (Å²) in [5.41, 5.74) is 3.49. The summed E-state index contributed by atoms with van der Waals surface area (Å²) in [5.74, 6) is 0. The molecule has 0 amide bonds. The molecule has 1 N–H and O–H groups in total. The van der Waals surface area contributed by atoms with Gasteiger partial charge in [0.25, 0.3) is 0 Å². The Balaban J connectivity index is 1.82. The molecule has 2 heterocycles. The molecule has 0 saturated heterocycles. The van der Waals surface area contributed by atoms with Gasteiger partial charge in [-0.25, -0.2) is 9.67 Å². The van der Waals surface area contributed by atoms with Crippen molar-refractivity contribution in [2.24, 2.45) is 0 Å². The molecular weight excluding hydrogens is 320 g/mol. The molecule has 0 bridgehead atoms. The number of aliphatic hydroxyl groups excluding tert-OH is 1. The van der Waals surface area contributed by atoms with Gasteiger partial charge in [-0.05, 0) is 24.2 Å². The number of rotatable bonds is 7. The molecule has 128 valence electrons. The normalized spacial score (nSPS) is 12.2. The highest BCUT2D eigenvalue weighted by molar-refractivity contribution is 6.76. The van der Waals surface area contributed by atoms with Crippen LogP contribution in [0.5, 0.6) is 0 Å². The molecular formula is C17H24N4O2Si. The van der Waals surface area contributed by atoms with Gasteiger partial charge in [-0.2, -0.15) is 5.10 Å². The molecule has 0 fully saturated rings. The van der Waals surface area contributed by atoms with Gasteiger partial charge in [-0.15, -0.1) is 0 Å². The van der Waals surface area contributed by atoms with Crippen LogP contribution < -0.4 is 0 Å². The number of fused-ring (bicyclic) bond motifs is 1. The average Bonchev–Trinajstić information content (AvgIpc) is 3.19. The van der Waals surface area contributed by atoms with Crippen LogP contribution in [0.25, 0.3) is 16.7 Å². The van der Waals surface area contributed by atoms with E-state index in [9.17, 15) is 5.11 Å². The maximum Gasteiger partial charge on any atom is 0.124 e. The van der Waals surface area contributed by atoms with Crippen molar-refractivity contribution in [1.29, 1.82) is 0 Å². The lowest BCUT2D eigenvalue weighted by molar-refractivity contribution is 0.0898. The highest BCUT2D eigenvalue weighted by atomic mass is 28.3. The zero-order valence-corrected chi connectivity index (χ0v) is 15.4. The number of aromatic nitrogens is 4. The first-order valence-electron chi connectivity index (χ1n) is 8.14. The topological polar surface area (TPSA) is 65.1 Å². The first-order valence-corrected chi connectivity index (χ1v) is 11.8. The van der Waals surface area contributed by atoms with E-state index < -0.39 is 8.07 Å². The first kappa shape index (κ1) is 16.9. The van der Waals surface area contributed by atoms with Gasteiger partial charge in [0, 0.05) is 32.6 Å². The molecule has 0 saturated carbocycles. The second kappa shape index (κ2) is 6.88. The van der Waals surface area contributed by atoms with E-state index in [0.29, 0.717) is 6.73 Å². The minimum Gasteiger partial charge on any atom is -0.392 e. The Labute approximate surface area is 142 Å². The molecule has 3 aromatic rings. The standard InChI is InChI=1S/C17H24N4O2Si/c1-24(2,3)8-7-23-13-20-12-18-15-10-16(21-6-4-5-19-21)14(11-22)9-17(15)20/h4-6,9-10,12,22H,7-8,11,13H2,1-3H3. The van der Waals surface area contributed by atoms with Crippen molar-refractivity contribution >= 4 is 19.1 Å². The Hall–Kier alpha value is -1.96. The van der Waals surface area contributed by atoms with Gasteiger partial charge in [-0.3, -0.25) is 0 Å². The third-order valence-electron chi connectivity index (χ3n) is 3.97. The molecule has 0 spiro atoms. The van der Waals surface area contributed by atoms with Gasteiger partial charge >= 0.3 is 0 Å². The van der Waals surface area contributed by atoms with E-state index in [1.807, 2.05) is 29.0 Å².